The summed E-state index contributed by atoms with van der Waals surface area (Å²) in [6.45, 7) is 2.01. The van der Waals surface area contributed by atoms with Gasteiger partial charge in [-0.05, 0) is 31.9 Å². The predicted octanol–water partition coefficient (Wildman–Crippen LogP) is 2.69. The minimum absolute atomic E-state index is 0.562. The van der Waals surface area contributed by atoms with Crippen LogP contribution in [0, 0.1) is 6.92 Å². The van der Waals surface area contributed by atoms with E-state index in [1.165, 1.54) is 12.8 Å². The summed E-state index contributed by atoms with van der Waals surface area (Å²) in [5, 5.41) is 6.55. The van der Waals surface area contributed by atoms with Gasteiger partial charge in [-0.3, -0.25) is 0 Å². The molecule has 1 heterocycles. The van der Waals surface area contributed by atoms with Crippen LogP contribution in [0.3, 0.4) is 0 Å². The topological polar surface area (TPSA) is 75.9 Å². The molecule has 2 aromatic rings. The number of benzene rings is 1. The van der Waals surface area contributed by atoms with Crippen LogP contribution in [0.1, 0.15) is 18.4 Å². The smallest absolute Gasteiger partial charge is 0.229 e. The van der Waals surface area contributed by atoms with Gasteiger partial charge in [0.15, 0.2) is 0 Å². The highest BCUT2D eigenvalue weighted by molar-refractivity contribution is 5.70. The van der Waals surface area contributed by atoms with Crippen molar-refractivity contribution in [2.45, 2.75) is 25.8 Å². The first-order valence-corrected chi connectivity index (χ1v) is 6.44. The Labute approximate surface area is 112 Å². The van der Waals surface area contributed by atoms with Crippen LogP contribution in [0.15, 0.2) is 30.5 Å². The highest BCUT2D eigenvalue weighted by Gasteiger charge is 2.22. The third-order valence-corrected chi connectivity index (χ3v) is 3.10. The zero-order valence-electron chi connectivity index (χ0n) is 10.9. The van der Waals surface area contributed by atoms with Gasteiger partial charge in [0.2, 0.25) is 5.95 Å². The number of rotatable bonds is 4. The van der Waals surface area contributed by atoms with Gasteiger partial charge in [0.1, 0.15) is 5.82 Å². The van der Waals surface area contributed by atoms with E-state index in [-0.39, 0.29) is 0 Å². The van der Waals surface area contributed by atoms with E-state index in [1.807, 2.05) is 37.4 Å². The molecule has 0 saturated heterocycles. The highest BCUT2D eigenvalue weighted by Crippen LogP contribution is 2.26. The fourth-order valence-electron chi connectivity index (χ4n) is 1.80. The molecular weight excluding hydrogens is 238 g/mol. The quantitative estimate of drug-likeness (QED) is 0.732. The second-order valence-corrected chi connectivity index (χ2v) is 4.86. The molecular formula is C14H17N5. The van der Waals surface area contributed by atoms with Crippen LogP contribution in [-0.4, -0.2) is 16.0 Å². The molecule has 0 radical (unpaired) electrons. The van der Waals surface area contributed by atoms with Gasteiger partial charge in [0, 0.05) is 17.8 Å². The van der Waals surface area contributed by atoms with Crippen LogP contribution >= 0.6 is 0 Å². The van der Waals surface area contributed by atoms with Crippen molar-refractivity contribution in [3.05, 3.63) is 36.0 Å². The van der Waals surface area contributed by atoms with Gasteiger partial charge in [-0.1, -0.05) is 12.1 Å². The van der Waals surface area contributed by atoms with E-state index in [4.69, 9.17) is 5.73 Å². The Hall–Kier alpha value is -2.30. The Morgan fingerprint density at radius 1 is 1.26 bits per heavy atom. The summed E-state index contributed by atoms with van der Waals surface area (Å²) in [4.78, 5) is 8.79. The molecule has 0 spiro atoms. The number of nitrogens with one attached hydrogen (secondary N) is 2. The zero-order valence-corrected chi connectivity index (χ0v) is 10.9. The summed E-state index contributed by atoms with van der Waals surface area (Å²) in [6.07, 6.45) is 4.26. The number of para-hydroxylation sites is 2. The van der Waals surface area contributed by atoms with Crippen molar-refractivity contribution < 1.29 is 0 Å². The number of aromatic nitrogens is 2. The molecule has 5 nitrogen and oxygen atoms in total. The Bertz CT molecular complexity index is 592. The SMILES string of the molecule is Cc1cnc(Nc2ccccc2N)nc1NC1CC1. The van der Waals surface area contributed by atoms with E-state index in [2.05, 4.69) is 20.6 Å². The van der Waals surface area contributed by atoms with Gasteiger partial charge in [-0.25, -0.2) is 4.98 Å². The van der Waals surface area contributed by atoms with E-state index in [9.17, 15) is 0 Å². The molecule has 1 aromatic heterocycles. The van der Waals surface area contributed by atoms with Gasteiger partial charge in [-0.2, -0.15) is 4.98 Å². The molecule has 0 unspecified atom stereocenters. The van der Waals surface area contributed by atoms with Crippen LogP contribution in [0.5, 0.6) is 0 Å². The number of nitrogen functional groups attached to an aromatic ring is 1. The largest absolute Gasteiger partial charge is 0.397 e. The zero-order chi connectivity index (χ0) is 13.2. The molecule has 1 fully saturated rings. The van der Waals surface area contributed by atoms with Crippen molar-refractivity contribution in [2.75, 3.05) is 16.4 Å². The molecule has 19 heavy (non-hydrogen) atoms. The van der Waals surface area contributed by atoms with Gasteiger partial charge in [0.05, 0.1) is 11.4 Å². The van der Waals surface area contributed by atoms with Crippen LogP contribution in [0.4, 0.5) is 23.1 Å². The molecule has 0 atom stereocenters. The maximum Gasteiger partial charge on any atom is 0.229 e. The van der Waals surface area contributed by atoms with Crippen molar-refractivity contribution in [3.63, 3.8) is 0 Å². The summed E-state index contributed by atoms with van der Waals surface area (Å²) in [7, 11) is 0. The highest BCUT2D eigenvalue weighted by atomic mass is 15.2. The van der Waals surface area contributed by atoms with Crippen molar-refractivity contribution >= 4 is 23.1 Å². The van der Waals surface area contributed by atoms with E-state index in [1.54, 1.807) is 0 Å². The summed E-state index contributed by atoms with van der Waals surface area (Å²) >= 11 is 0. The Kier molecular flexibility index (Phi) is 2.95. The second kappa shape index (κ2) is 4.76. The van der Waals surface area contributed by atoms with Crippen LogP contribution in [0.2, 0.25) is 0 Å². The average molecular weight is 255 g/mol. The third kappa shape index (κ3) is 2.76. The molecule has 1 aliphatic rings. The lowest BCUT2D eigenvalue weighted by molar-refractivity contribution is 1.06. The van der Waals surface area contributed by atoms with E-state index >= 15 is 0 Å². The first-order chi connectivity index (χ1) is 9.22. The normalized spacial score (nSPS) is 14.2. The van der Waals surface area contributed by atoms with Gasteiger partial charge >= 0.3 is 0 Å². The summed E-state index contributed by atoms with van der Waals surface area (Å²) < 4.78 is 0. The van der Waals surface area contributed by atoms with Gasteiger partial charge < -0.3 is 16.4 Å². The molecule has 4 N–H and O–H groups in total. The lowest BCUT2D eigenvalue weighted by Gasteiger charge is -2.11. The molecule has 0 amide bonds. The minimum Gasteiger partial charge on any atom is -0.397 e. The number of aryl methyl sites for hydroxylation is 1. The lowest BCUT2D eigenvalue weighted by atomic mass is 10.3. The molecule has 0 aliphatic heterocycles. The van der Waals surface area contributed by atoms with Crippen molar-refractivity contribution in [1.29, 1.82) is 0 Å². The second-order valence-electron chi connectivity index (χ2n) is 4.86. The van der Waals surface area contributed by atoms with Crippen LogP contribution in [-0.2, 0) is 0 Å². The Morgan fingerprint density at radius 3 is 2.79 bits per heavy atom. The van der Waals surface area contributed by atoms with Crippen LogP contribution in [0.25, 0.3) is 0 Å². The van der Waals surface area contributed by atoms with E-state index in [0.29, 0.717) is 17.7 Å². The monoisotopic (exact) mass is 255 g/mol. The molecule has 1 saturated carbocycles. The molecule has 3 rings (SSSR count). The summed E-state index contributed by atoms with van der Waals surface area (Å²) in [6, 6.07) is 8.16. The third-order valence-electron chi connectivity index (χ3n) is 3.10. The van der Waals surface area contributed by atoms with Crippen molar-refractivity contribution in [2.24, 2.45) is 0 Å². The molecule has 0 bridgehead atoms. The summed E-state index contributed by atoms with van der Waals surface area (Å²) in [5.74, 6) is 1.46. The number of hydrogen-bond acceptors (Lipinski definition) is 5. The van der Waals surface area contributed by atoms with E-state index in [0.717, 1.165) is 17.1 Å². The number of hydrogen-bond donors (Lipinski definition) is 3. The first-order valence-electron chi connectivity index (χ1n) is 6.44. The molecule has 5 heteroatoms. The molecule has 1 aliphatic carbocycles. The fraction of sp³-hybridized carbons (Fsp3) is 0.286. The lowest BCUT2D eigenvalue weighted by Crippen LogP contribution is -2.08. The fourth-order valence-corrected chi connectivity index (χ4v) is 1.80. The van der Waals surface area contributed by atoms with Gasteiger partial charge in [-0.15, -0.1) is 0 Å². The Morgan fingerprint density at radius 2 is 2.05 bits per heavy atom. The number of anilines is 4. The number of nitrogens with zero attached hydrogens (tertiary/aromatic N) is 2. The molecule has 98 valence electrons. The maximum atomic E-state index is 5.89. The average Bonchev–Trinajstić information content (AvgIpc) is 3.20. The van der Waals surface area contributed by atoms with Gasteiger partial charge in [0.25, 0.3) is 0 Å². The van der Waals surface area contributed by atoms with Crippen molar-refractivity contribution in [3.8, 4) is 0 Å². The minimum atomic E-state index is 0.562. The van der Waals surface area contributed by atoms with E-state index < -0.39 is 0 Å². The number of nitrogens with two attached hydrogens (primary N) is 1. The predicted molar refractivity (Wildman–Crippen MR) is 77.6 cm³/mol. The summed E-state index contributed by atoms with van der Waals surface area (Å²) in [5.41, 5.74) is 8.45. The first kappa shape index (κ1) is 11.8. The Balaban J connectivity index is 1.82. The van der Waals surface area contributed by atoms with Crippen molar-refractivity contribution in [1.82, 2.24) is 9.97 Å². The molecule has 1 aromatic carbocycles. The standard InChI is InChI=1S/C14H17N5/c1-9-8-16-14(19-13(9)17-10-6-7-10)18-12-5-3-2-4-11(12)15/h2-5,8,10H,6-7,15H2,1H3,(H2,16,17,18,19). The maximum absolute atomic E-state index is 5.89. The van der Waals surface area contributed by atoms with Crippen LogP contribution < -0.4 is 16.4 Å².